The minimum absolute atomic E-state index is 0.176. The fraction of sp³-hybridized carbons (Fsp3) is 0.476. The molecule has 3 rings (SSSR count). The molecule has 1 saturated carbocycles. The summed E-state index contributed by atoms with van der Waals surface area (Å²) in [7, 11) is 0. The maximum Gasteiger partial charge on any atom is 0.307 e. The van der Waals surface area contributed by atoms with E-state index in [9.17, 15) is 19.5 Å². The number of allylic oxidation sites excluding steroid dienone is 2. The molecule has 0 saturated heterocycles. The Morgan fingerprint density at radius 2 is 1.59 bits per heavy atom. The van der Waals surface area contributed by atoms with Gasteiger partial charge in [0, 0.05) is 6.04 Å². The van der Waals surface area contributed by atoms with Gasteiger partial charge in [0.2, 0.25) is 5.91 Å². The van der Waals surface area contributed by atoms with Gasteiger partial charge in [-0.1, -0.05) is 43.5 Å². The molecule has 1 aromatic carbocycles. The second-order valence-electron chi connectivity index (χ2n) is 7.34. The van der Waals surface area contributed by atoms with E-state index in [1.807, 2.05) is 6.08 Å². The largest absolute Gasteiger partial charge is 0.481 e. The zero-order chi connectivity index (χ0) is 19.2. The van der Waals surface area contributed by atoms with Crippen LogP contribution in [-0.4, -0.2) is 28.9 Å². The molecule has 0 heterocycles. The molecular weight excluding hydrogens is 344 g/mol. The number of amides is 2. The molecular formula is C21H26N2O4. The van der Waals surface area contributed by atoms with Crippen molar-refractivity contribution in [1.82, 2.24) is 5.32 Å². The molecule has 2 aliphatic rings. The van der Waals surface area contributed by atoms with Crippen LogP contribution in [0.5, 0.6) is 0 Å². The Morgan fingerprint density at radius 1 is 0.926 bits per heavy atom. The summed E-state index contributed by atoms with van der Waals surface area (Å²) in [6.07, 6.45) is 9.78. The lowest BCUT2D eigenvalue weighted by Crippen LogP contribution is -2.37. The highest BCUT2D eigenvalue weighted by atomic mass is 16.4. The third kappa shape index (κ3) is 4.76. The SMILES string of the molecule is O=C(NC1CCCCC1)c1ccccc1NC(=O)[C@@H]1CC=CC[C@H]1C(=O)O. The molecule has 2 aliphatic carbocycles. The fourth-order valence-electron chi connectivity index (χ4n) is 3.90. The van der Waals surface area contributed by atoms with Crippen LogP contribution in [-0.2, 0) is 9.59 Å². The maximum atomic E-state index is 12.7. The normalized spacial score (nSPS) is 22.8. The van der Waals surface area contributed by atoms with Gasteiger partial charge in [-0.25, -0.2) is 0 Å². The first-order chi connectivity index (χ1) is 13.1. The molecule has 0 radical (unpaired) electrons. The van der Waals surface area contributed by atoms with E-state index in [0.717, 1.165) is 25.7 Å². The molecule has 6 nitrogen and oxygen atoms in total. The number of para-hydroxylation sites is 1. The van der Waals surface area contributed by atoms with E-state index >= 15 is 0 Å². The van der Waals surface area contributed by atoms with E-state index in [1.165, 1.54) is 6.42 Å². The lowest BCUT2D eigenvalue weighted by molar-refractivity contribution is -0.146. The third-order valence-electron chi connectivity index (χ3n) is 5.46. The number of benzene rings is 1. The van der Waals surface area contributed by atoms with Crippen molar-refractivity contribution >= 4 is 23.5 Å². The Hall–Kier alpha value is -2.63. The monoisotopic (exact) mass is 370 g/mol. The average Bonchev–Trinajstić information content (AvgIpc) is 2.69. The smallest absolute Gasteiger partial charge is 0.307 e. The first-order valence-corrected chi connectivity index (χ1v) is 9.65. The number of hydrogen-bond acceptors (Lipinski definition) is 3. The van der Waals surface area contributed by atoms with Gasteiger partial charge in [-0.2, -0.15) is 0 Å². The van der Waals surface area contributed by atoms with Crippen LogP contribution in [0.3, 0.4) is 0 Å². The Kier molecular flexibility index (Phi) is 6.27. The standard InChI is InChI=1S/C21H26N2O4/c24-19(15-10-4-5-11-16(15)21(26)27)23-18-13-7-6-12-17(18)20(25)22-14-8-2-1-3-9-14/h4-7,12-16H,1-3,8-11H2,(H,22,25)(H,23,24)(H,26,27)/t15-,16-/m1/s1. The molecule has 1 fully saturated rings. The van der Waals surface area contributed by atoms with E-state index in [1.54, 1.807) is 30.3 Å². The van der Waals surface area contributed by atoms with E-state index in [4.69, 9.17) is 0 Å². The molecule has 144 valence electrons. The Bertz CT molecular complexity index is 737. The number of carbonyl (C=O) groups is 3. The van der Waals surface area contributed by atoms with Crippen molar-refractivity contribution in [1.29, 1.82) is 0 Å². The number of hydrogen-bond donors (Lipinski definition) is 3. The van der Waals surface area contributed by atoms with Crippen LogP contribution in [0.1, 0.15) is 55.3 Å². The highest BCUT2D eigenvalue weighted by molar-refractivity contribution is 6.04. The zero-order valence-corrected chi connectivity index (χ0v) is 15.3. The van der Waals surface area contributed by atoms with Gasteiger partial charge in [0.15, 0.2) is 0 Å². The van der Waals surface area contributed by atoms with Crippen molar-refractivity contribution in [3.05, 3.63) is 42.0 Å². The van der Waals surface area contributed by atoms with Gasteiger partial charge in [-0.05, 0) is 37.8 Å². The summed E-state index contributed by atoms with van der Waals surface area (Å²) < 4.78 is 0. The topological polar surface area (TPSA) is 95.5 Å². The molecule has 0 bridgehead atoms. The van der Waals surface area contributed by atoms with Gasteiger partial charge in [0.1, 0.15) is 0 Å². The van der Waals surface area contributed by atoms with Gasteiger partial charge in [0.25, 0.3) is 5.91 Å². The number of nitrogens with one attached hydrogen (secondary N) is 2. The van der Waals surface area contributed by atoms with E-state index < -0.39 is 17.8 Å². The van der Waals surface area contributed by atoms with Crippen LogP contribution >= 0.6 is 0 Å². The van der Waals surface area contributed by atoms with Crippen molar-refractivity contribution in [3.8, 4) is 0 Å². The number of aliphatic carboxylic acids is 1. The summed E-state index contributed by atoms with van der Waals surface area (Å²) in [5.74, 6) is -2.90. The molecule has 0 unspecified atom stereocenters. The average molecular weight is 370 g/mol. The number of rotatable bonds is 5. The van der Waals surface area contributed by atoms with Gasteiger partial charge in [-0.3, -0.25) is 14.4 Å². The summed E-state index contributed by atoms with van der Waals surface area (Å²) in [6, 6.07) is 7.05. The zero-order valence-electron chi connectivity index (χ0n) is 15.3. The first kappa shape index (κ1) is 19.1. The first-order valence-electron chi connectivity index (χ1n) is 9.65. The van der Waals surface area contributed by atoms with E-state index in [0.29, 0.717) is 24.1 Å². The molecule has 6 heteroatoms. The summed E-state index contributed by atoms with van der Waals surface area (Å²) in [6.45, 7) is 0. The second-order valence-corrected chi connectivity index (χ2v) is 7.34. The molecule has 2 amide bonds. The number of carboxylic acid groups (broad SMARTS) is 1. The van der Waals surface area contributed by atoms with E-state index in [2.05, 4.69) is 10.6 Å². The minimum atomic E-state index is -0.970. The highest BCUT2D eigenvalue weighted by Gasteiger charge is 2.34. The van der Waals surface area contributed by atoms with Gasteiger partial charge in [-0.15, -0.1) is 0 Å². The molecule has 0 aliphatic heterocycles. The van der Waals surface area contributed by atoms with Crippen LogP contribution in [0.4, 0.5) is 5.69 Å². The van der Waals surface area contributed by atoms with E-state index in [-0.39, 0.29) is 17.9 Å². The lowest BCUT2D eigenvalue weighted by atomic mass is 9.82. The van der Waals surface area contributed by atoms with Crippen molar-refractivity contribution in [2.75, 3.05) is 5.32 Å². The van der Waals surface area contributed by atoms with Crippen LogP contribution in [0.2, 0.25) is 0 Å². The highest BCUT2D eigenvalue weighted by Crippen LogP contribution is 2.28. The summed E-state index contributed by atoms with van der Waals surface area (Å²) in [4.78, 5) is 36.8. The second kappa shape index (κ2) is 8.84. The Labute approximate surface area is 159 Å². The summed E-state index contributed by atoms with van der Waals surface area (Å²) in [5.41, 5.74) is 0.837. The summed E-state index contributed by atoms with van der Waals surface area (Å²) >= 11 is 0. The molecule has 0 spiro atoms. The molecule has 0 aromatic heterocycles. The molecule has 1 aromatic rings. The number of carbonyl (C=O) groups excluding carboxylic acids is 2. The number of carboxylic acids is 1. The molecule has 27 heavy (non-hydrogen) atoms. The van der Waals surface area contributed by atoms with Crippen molar-refractivity contribution < 1.29 is 19.5 Å². The van der Waals surface area contributed by atoms with Gasteiger partial charge < -0.3 is 15.7 Å². The number of anilines is 1. The lowest BCUT2D eigenvalue weighted by Gasteiger charge is -2.25. The van der Waals surface area contributed by atoms with Gasteiger partial charge >= 0.3 is 5.97 Å². The minimum Gasteiger partial charge on any atom is -0.481 e. The fourth-order valence-corrected chi connectivity index (χ4v) is 3.90. The molecule has 3 N–H and O–H groups in total. The van der Waals surface area contributed by atoms with Crippen LogP contribution < -0.4 is 10.6 Å². The van der Waals surface area contributed by atoms with Crippen LogP contribution in [0.15, 0.2) is 36.4 Å². The van der Waals surface area contributed by atoms with Crippen molar-refractivity contribution in [2.45, 2.75) is 51.0 Å². The Balaban J connectivity index is 1.71. The quantitative estimate of drug-likeness (QED) is 0.693. The summed E-state index contributed by atoms with van der Waals surface area (Å²) in [5, 5.41) is 15.2. The van der Waals surface area contributed by atoms with Crippen molar-refractivity contribution in [2.24, 2.45) is 11.8 Å². The predicted molar refractivity (Wildman–Crippen MR) is 102 cm³/mol. The predicted octanol–water partition coefficient (Wildman–Crippen LogP) is 3.35. The third-order valence-corrected chi connectivity index (χ3v) is 5.46. The Morgan fingerprint density at radius 3 is 2.30 bits per heavy atom. The van der Waals surface area contributed by atoms with Crippen LogP contribution in [0, 0.1) is 11.8 Å². The van der Waals surface area contributed by atoms with Crippen molar-refractivity contribution in [3.63, 3.8) is 0 Å². The van der Waals surface area contributed by atoms with Gasteiger partial charge in [0.05, 0.1) is 23.1 Å². The van der Waals surface area contributed by atoms with Crippen LogP contribution in [0.25, 0.3) is 0 Å². The maximum absolute atomic E-state index is 12.7. The molecule has 2 atom stereocenters.